The van der Waals surface area contributed by atoms with Gasteiger partial charge in [-0.1, -0.05) is 11.6 Å². The van der Waals surface area contributed by atoms with Crippen LogP contribution >= 0.6 is 11.6 Å². The Labute approximate surface area is 138 Å². The number of hydrogen-bond donors (Lipinski definition) is 4. The van der Waals surface area contributed by atoms with Crippen molar-refractivity contribution in [1.29, 1.82) is 0 Å². The maximum Gasteiger partial charge on any atom is 0.240 e. The van der Waals surface area contributed by atoms with Crippen LogP contribution in [-0.2, 0) is 11.3 Å². The first-order valence-corrected chi connectivity index (χ1v) is 7.89. The summed E-state index contributed by atoms with van der Waals surface area (Å²) in [5, 5.41) is 25.1. The summed E-state index contributed by atoms with van der Waals surface area (Å²) in [6.45, 7) is 1.52. The molecule has 0 radical (unpaired) electrons. The summed E-state index contributed by atoms with van der Waals surface area (Å²) in [7, 11) is 0. The van der Waals surface area contributed by atoms with E-state index in [9.17, 15) is 15.0 Å². The highest BCUT2D eigenvalue weighted by Gasteiger charge is 2.37. The Hall–Kier alpha value is -1.54. The lowest BCUT2D eigenvalue weighted by atomic mass is 10.1. The quantitative estimate of drug-likeness (QED) is 0.607. The van der Waals surface area contributed by atoms with Crippen LogP contribution in [0.5, 0.6) is 11.5 Å². The Morgan fingerprint density at radius 2 is 2.13 bits per heavy atom. The summed E-state index contributed by atoms with van der Waals surface area (Å²) < 4.78 is 11.2. The number of amides is 1. The number of rotatable bonds is 3. The molecule has 3 atom stereocenters. The largest absolute Gasteiger partial charge is 0.489 e. The Morgan fingerprint density at radius 3 is 2.87 bits per heavy atom. The van der Waals surface area contributed by atoms with E-state index in [4.69, 9.17) is 21.1 Å². The molecule has 1 aromatic carbocycles. The number of ether oxygens (including phenoxy) is 2. The van der Waals surface area contributed by atoms with Gasteiger partial charge in [-0.25, -0.2) is 0 Å². The van der Waals surface area contributed by atoms with E-state index in [-0.39, 0.29) is 19.0 Å². The molecule has 2 aliphatic heterocycles. The minimum absolute atomic E-state index is 0.190. The third kappa shape index (κ3) is 3.53. The Balaban J connectivity index is 1.65. The molecule has 0 spiro atoms. The van der Waals surface area contributed by atoms with E-state index in [1.807, 2.05) is 0 Å². The van der Waals surface area contributed by atoms with E-state index in [1.165, 1.54) is 0 Å². The van der Waals surface area contributed by atoms with Gasteiger partial charge in [0.25, 0.3) is 0 Å². The zero-order chi connectivity index (χ0) is 16.4. The lowest BCUT2D eigenvalue weighted by Crippen LogP contribution is -2.46. The first kappa shape index (κ1) is 16.3. The highest BCUT2D eigenvalue weighted by atomic mass is 35.5. The van der Waals surface area contributed by atoms with Gasteiger partial charge in [0.2, 0.25) is 5.91 Å². The van der Waals surface area contributed by atoms with Crippen LogP contribution in [0, 0.1) is 0 Å². The summed E-state index contributed by atoms with van der Waals surface area (Å²) in [6, 6.07) is 2.67. The summed E-state index contributed by atoms with van der Waals surface area (Å²) in [6.07, 6.45) is -1.26. The van der Waals surface area contributed by atoms with Crippen molar-refractivity contribution < 1.29 is 24.5 Å². The van der Waals surface area contributed by atoms with Crippen molar-refractivity contribution in [3.63, 3.8) is 0 Å². The lowest BCUT2D eigenvalue weighted by Gasteiger charge is -2.16. The van der Waals surface area contributed by atoms with Crippen LogP contribution in [0.1, 0.15) is 12.0 Å². The first-order chi connectivity index (χ1) is 11.1. The number of carbonyl (C=O) groups excluding carboxylic acids is 1. The van der Waals surface area contributed by atoms with Crippen molar-refractivity contribution in [2.45, 2.75) is 31.2 Å². The zero-order valence-corrected chi connectivity index (χ0v) is 13.2. The molecule has 1 aromatic rings. The Morgan fingerprint density at radius 1 is 1.35 bits per heavy atom. The molecule has 2 heterocycles. The van der Waals surface area contributed by atoms with Gasteiger partial charge in [-0.05, 0) is 17.7 Å². The molecule has 0 aliphatic carbocycles. The second kappa shape index (κ2) is 6.92. The van der Waals surface area contributed by atoms with Crippen molar-refractivity contribution in [3.05, 3.63) is 22.7 Å². The fourth-order valence-corrected chi connectivity index (χ4v) is 2.93. The second-order valence-electron chi connectivity index (χ2n) is 5.62. The normalized spacial score (nSPS) is 26.7. The van der Waals surface area contributed by atoms with Gasteiger partial charge < -0.3 is 30.3 Å². The van der Waals surface area contributed by atoms with Crippen molar-refractivity contribution in [1.82, 2.24) is 10.6 Å². The molecule has 126 valence electrons. The van der Waals surface area contributed by atoms with Crippen LogP contribution in [0.4, 0.5) is 0 Å². The van der Waals surface area contributed by atoms with Crippen molar-refractivity contribution >= 4 is 17.5 Å². The summed E-state index contributed by atoms with van der Waals surface area (Å²) in [5.74, 6) is 0.709. The van der Waals surface area contributed by atoms with Gasteiger partial charge in [0.05, 0.1) is 24.3 Å². The van der Waals surface area contributed by atoms with E-state index in [2.05, 4.69) is 10.6 Å². The molecule has 1 amide bonds. The molecule has 0 unspecified atom stereocenters. The van der Waals surface area contributed by atoms with E-state index in [0.717, 1.165) is 12.0 Å². The monoisotopic (exact) mass is 342 g/mol. The lowest BCUT2D eigenvalue weighted by molar-refractivity contribution is -0.125. The van der Waals surface area contributed by atoms with Crippen molar-refractivity contribution in [2.24, 2.45) is 0 Å². The highest BCUT2D eigenvalue weighted by Crippen LogP contribution is 2.37. The van der Waals surface area contributed by atoms with Gasteiger partial charge in [-0.2, -0.15) is 0 Å². The molecule has 8 heteroatoms. The van der Waals surface area contributed by atoms with Crippen LogP contribution in [0.15, 0.2) is 12.1 Å². The molecule has 0 saturated carbocycles. The van der Waals surface area contributed by atoms with Crippen LogP contribution in [0.3, 0.4) is 0 Å². The molecule has 4 N–H and O–H groups in total. The molecule has 7 nitrogen and oxygen atoms in total. The minimum atomic E-state index is -1.11. The number of hydrogen-bond acceptors (Lipinski definition) is 6. The number of halogens is 1. The predicted octanol–water partition coefficient (Wildman–Crippen LogP) is -0.189. The van der Waals surface area contributed by atoms with Crippen LogP contribution in [0.2, 0.25) is 5.02 Å². The molecular weight excluding hydrogens is 324 g/mol. The van der Waals surface area contributed by atoms with Gasteiger partial charge in [0.1, 0.15) is 12.1 Å². The predicted molar refractivity (Wildman–Crippen MR) is 82.7 cm³/mol. The van der Waals surface area contributed by atoms with Crippen molar-refractivity contribution in [2.75, 3.05) is 19.8 Å². The van der Waals surface area contributed by atoms with E-state index in [0.29, 0.717) is 29.7 Å². The zero-order valence-electron chi connectivity index (χ0n) is 12.4. The van der Waals surface area contributed by atoms with E-state index in [1.54, 1.807) is 12.1 Å². The third-order valence-corrected chi connectivity index (χ3v) is 4.17. The fraction of sp³-hybridized carbons (Fsp3) is 0.533. The first-order valence-electron chi connectivity index (χ1n) is 7.51. The fourth-order valence-electron chi connectivity index (χ4n) is 2.64. The summed E-state index contributed by atoms with van der Waals surface area (Å²) >= 11 is 6.20. The number of fused-ring (bicyclic) bond motifs is 1. The third-order valence-electron chi connectivity index (χ3n) is 3.89. The van der Waals surface area contributed by atoms with Gasteiger partial charge in [0.15, 0.2) is 11.5 Å². The van der Waals surface area contributed by atoms with E-state index >= 15 is 0 Å². The molecular formula is C15H19ClN2O5. The molecule has 0 bridgehead atoms. The topological polar surface area (TPSA) is 100 Å². The van der Waals surface area contributed by atoms with Crippen LogP contribution in [0.25, 0.3) is 0 Å². The van der Waals surface area contributed by atoms with Crippen molar-refractivity contribution in [3.8, 4) is 11.5 Å². The van der Waals surface area contributed by atoms with Crippen LogP contribution in [-0.4, -0.2) is 54.1 Å². The summed E-state index contributed by atoms with van der Waals surface area (Å²) in [4.78, 5) is 12.1. The Kier molecular flexibility index (Phi) is 4.91. The van der Waals surface area contributed by atoms with Gasteiger partial charge >= 0.3 is 0 Å². The van der Waals surface area contributed by atoms with Gasteiger partial charge in [-0.15, -0.1) is 0 Å². The maximum absolute atomic E-state index is 12.1. The minimum Gasteiger partial charge on any atom is -0.489 e. The average molecular weight is 343 g/mol. The average Bonchev–Trinajstić information content (AvgIpc) is 2.75. The second-order valence-corrected chi connectivity index (χ2v) is 6.02. The number of benzene rings is 1. The number of nitrogens with one attached hydrogen (secondary N) is 2. The standard InChI is InChI=1S/C15H19ClN2O5/c16-9-4-8(5-11-14(9)23-3-1-2-22-11)6-18-15(21)12-13(20)10(19)7-17-12/h4-5,10,12-13,17,19-20H,1-3,6-7H2,(H,18,21)/t10-,12-,13-/m1/s1. The summed E-state index contributed by atoms with van der Waals surface area (Å²) in [5.41, 5.74) is 0.764. The smallest absolute Gasteiger partial charge is 0.240 e. The molecule has 23 heavy (non-hydrogen) atoms. The van der Waals surface area contributed by atoms with Gasteiger partial charge in [0, 0.05) is 19.5 Å². The number of β-amino-alcohol motifs (C(OH)–C–C–N with tert-alkyl or cyclic N) is 1. The number of aliphatic hydroxyl groups excluding tert-OH is 2. The Bertz CT molecular complexity index is 597. The van der Waals surface area contributed by atoms with E-state index < -0.39 is 18.2 Å². The molecule has 1 fully saturated rings. The molecule has 3 rings (SSSR count). The highest BCUT2D eigenvalue weighted by molar-refractivity contribution is 6.32. The molecule has 2 aliphatic rings. The number of carbonyl (C=O) groups is 1. The van der Waals surface area contributed by atoms with Gasteiger partial charge in [-0.3, -0.25) is 4.79 Å². The SMILES string of the molecule is O=C(NCc1cc(Cl)c2c(c1)OCCCO2)[C@@H]1NC[C@@H](O)[C@H]1O. The molecule has 0 aromatic heterocycles. The maximum atomic E-state index is 12.1. The molecule has 1 saturated heterocycles. The number of aliphatic hydroxyl groups is 2. The van der Waals surface area contributed by atoms with Crippen LogP contribution < -0.4 is 20.1 Å².